The number of urea groups is 1. The summed E-state index contributed by atoms with van der Waals surface area (Å²) in [5, 5.41) is 15.3. The summed E-state index contributed by atoms with van der Waals surface area (Å²) >= 11 is 1.08. The van der Waals surface area contributed by atoms with E-state index in [0.717, 1.165) is 41.2 Å². The lowest BCUT2D eigenvalue weighted by atomic mass is 9.95. The highest BCUT2D eigenvalue weighted by atomic mass is 32.2. The first-order chi connectivity index (χ1) is 39.9. The van der Waals surface area contributed by atoms with E-state index in [9.17, 15) is 51.6 Å². The number of nitrogens with zero attached hydrogens (tertiary/aromatic N) is 4. The van der Waals surface area contributed by atoms with Crippen LogP contribution in [-0.4, -0.2) is 186 Å². The fraction of sp³-hybridized carbons (Fsp3) is 0.607. The Kier molecular flexibility index (Phi) is 29.0. The van der Waals surface area contributed by atoms with Gasteiger partial charge >= 0.3 is 6.03 Å². The number of allylic oxidation sites excluding steroid dienone is 1. The standard InChI is InChI=1S/C56H85N11O15S2/c1-10-37(7)49(63-52(73)42-16-12-13-25-65(42)8)55(75)66(9)43(35(3)4)33-44(82-11-2)54-61-41(34-83-54)51(72)64-84(77,78)39-19-17-38(18-20-39)59-50(71)40(15-14-24-58-56(57)76)60-53(74)48(36(5)6)62-45(68)23-27-79-29-31-81-32-30-80-28-26-67-46(69)21-22-47(67)70/h17-22,34,36-37,40,42,44,48-49H,10-16,23-33H2,1-9H3,(H,59,71)(H,60,74)(H,62,68)(H,63,73)(H,64,72)(H3,57,58,76)/t37-,40-,42+,44+,48-,49-/m0/s1. The molecule has 2 aliphatic rings. The van der Waals surface area contributed by atoms with Crippen LogP contribution in [0.15, 0.2) is 58.0 Å². The average Bonchev–Trinajstić information content (AvgIpc) is 4.24. The van der Waals surface area contributed by atoms with Crippen LogP contribution in [0.4, 0.5) is 10.5 Å². The number of ether oxygens (including phenoxy) is 4. The number of likely N-dealkylation sites (N-methyl/N-ethyl adjacent to an activating group) is 2. The Morgan fingerprint density at radius 1 is 0.857 bits per heavy atom. The van der Waals surface area contributed by atoms with Gasteiger partial charge in [0.2, 0.25) is 29.5 Å². The van der Waals surface area contributed by atoms with Crippen LogP contribution in [0, 0.1) is 11.8 Å². The SMILES string of the molecule is CCO[C@H](CC(=C(C)C)N(C)C(=O)[C@@H](NC(=O)[C@H]1CCCCN1C)[C@@H](C)CC)c1nc(C(=O)NS(=O)(=O)c2ccc(NC(=O)[C@H](CCCNC(N)=O)NC(=O)[C@@H](NC(=O)CCOCCOCCOCCN3C(=O)C=CC3=O)C(C)C)cc2)cs1. The molecule has 1 saturated heterocycles. The number of hydrogen-bond donors (Lipinski definition) is 7. The third-order valence-corrected chi connectivity index (χ3v) is 16.3. The van der Waals surface area contributed by atoms with Crippen molar-refractivity contribution >= 4 is 80.3 Å². The number of primary amides is 1. The highest BCUT2D eigenvalue weighted by Crippen LogP contribution is 2.32. The predicted molar refractivity (Wildman–Crippen MR) is 312 cm³/mol. The number of aromatic nitrogens is 1. The molecule has 1 aromatic carbocycles. The minimum absolute atomic E-state index is 0.0160. The van der Waals surface area contributed by atoms with Crippen molar-refractivity contribution in [2.45, 2.75) is 135 Å². The first-order valence-corrected chi connectivity index (χ1v) is 30.6. The maximum Gasteiger partial charge on any atom is 0.312 e. The third-order valence-electron chi connectivity index (χ3n) is 14.0. The second-order valence-corrected chi connectivity index (χ2v) is 23.5. The summed E-state index contributed by atoms with van der Waals surface area (Å²) in [6.45, 7) is 15.1. The van der Waals surface area contributed by atoms with Crippen molar-refractivity contribution in [3.8, 4) is 0 Å². The summed E-state index contributed by atoms with van der Waals surface area (Å²) in [5.74, 6) is -4.70. The van der Waals surface area contributed by atoms with E-state index < -0.39 is 69.8 Å². The molecule has 28 heteroatoms. The van der Waals surface area contributed by atoms with Crippen molar-refractivity contribution < 1.29 is 70.5 Å². The molecule has 6 atom stereocenters. The summed E-state index contributed by atoms with van der Waals surface area (Å²) < 4.78 is 51.6. The molecular weight excluding hydrogens is 1130 g/mol. The Hall–Kier alpha value is -6.69. The number of nitrogens with one attached hydrogen (secondary N) is 6. The van der Waals surface area contributed by atoms with E-state index in [1.807, 2.05) is 44.4 Å². The second-order valence-electron chi connectivity index (χ2n) is 20.9. The molecule has 0 radical (unpaired) electrons. The monoisotopic (exact) mass is 1220 g/mol. The van der Waals surface area contributed by atoms with E-state index in [1.54, 1.807) is 32.7 Å². The van der Waals surface area contributed by atoms with E-state index in [0.29, 0.717) is 23.5 Å². The van der Waals surface area contributed by atoms with Crippen LogP contribution in [0.25, 0.3) is 0 Å². The zero-order chi connectivity index (χ0) is 62.1. The number of carbonyl (C=O) groups is 9. The number of carbonyl (C=O) groups excluding carboxylic acids is 9. The summed E-state index contributed by atoms with van der Waals surface area (Å²) in [4.78, 5) is 125. The maximum atomic E-state index is 14.3. The number of likely N-dealkylation sites (tertiary alicyclic amines) is 1. The van der Waals surface area contributed by atoms with E-state index in [4.69, 9.17) is 24.7 Å². The summed E-state index contributed by atoms with van der Waals surface area (Å²) in [6.07, 6.45) is 5.26. The molecule has 4 rings (SSSR count). The van der Waals surface area contributed by atoms with Gasteiger partial charge in [0.15, 0.2) is 0 Å². The Balaban J connectivity index is 1.32. The lowest BCUT2D eigenvalue weighted by molar-refractivity contribution is -0.138. The molecule has 0 aliphatic carbocycles. The van der Waals surface area contributed by atoms with Gasteiger partial charge in [0, 0.05) is 62.0 Å². The first-order valence-electron chi connectivity index (χ1n) is 28.3. The topological polar surface area (TPSA) is 346 Å². The van der Waals surface area contributed by atoms with Crippen molar-refractivity contribution in [3.63, 3.8) is 0 Å². The van der Waals surface area contributed by atoms with E-state index in [-0.39, 0.29) is 137 Å². The molecule has 1 aromatic heterocycles. The summed E-state index contributed by atoms with van der Waals surface area (Å²) in [7, 11) is -0.924. The number of sulfonamides is 1. The van der Waals surface area contributed by atoms with Crippen LogP contribution in [0.1, 0.15) is 121 Å². The van der Waals surface area contributed by atoms with Gasteiger partial charge in [-0.2, -0.15) is 0 Å². The van der Waals surface area contributed by atoms with Gasteiger partial charge in [0.25, 0.3) is 27.7 Å². The smallest absolute Gasteiger partial charge is 0.312 e. The summed E-state index contributed by atoms with van der Waals surface area (Å²) in [5.41, 5.74) is 6.59. The number of piperidine rings is 1. The normalized spacial score (nSPS) is 16.3. The van der Waals surface area contributed by atoms with Crippen LogP contribution in [0.5, 0.6) is 0 Å². The largest absolute Gasteiger partial charge is 0.379 e. The van der Waals surface area contributed by atoms with Gasteiger partial charge < -0.3 is 56.2 Å². The number of benzene rings is 1. The molecule has 466 valence electrons. The van der Waals surface area contributed by atoms with Crippen molar-refractivity contribution in [3.05, 3.63) is 63.8 Å². The Bertz CT molecular complexity index is 2730. The molecule has 8 N–H and O–H groups in total. The van der Waals surface area contributed by atoms with Crippen molar-refractivity contribution in [2.75, 3.05) is 85.3 Å². The van der Waals surface area contributed by atoms with Gasteiger partial charge in [-0.1, -0.05) is 46.1 Å². The number of hydrogen-bond acceptors (Lipinski definition) is 18. The van der Waals surface area contributed by atoms with Crippen molar-refractivity contribution in [1.29, 1.82) is 0 Å². The van der Waals surface area contributed by atoms with E-state index in [2.05, 4.69) is 31.6 Å². The van der Waals surface area contributed by atoms with Crippen LogP contribution >= 0.6 is 11.3 Å². The molecule has 0 unspecified atom stereocenters. The quantitative estimate of drug-likeness (QED) is 0.0381. The first kappa shape index (κ1) is 69.8. The van der Waals surface area contributed by atoms with Crippen molar-refractivity contribution in [2.24, 2.45) is 17.6 Å². The minimum Gasteiger partial charge on any atom is -0.379 e. The molecule has 2 aliphatic heterocycles. The van der Waals surface area contributed by atoms with Crippen LogP contribution in [-0.2, 0) is 62.5 Å². The number of nitrogens with two attached hydrogens (primary N) is 1. The predicted octanol–water partition coefficient (Wildman–Crippen LogP) is 2.87. The zero-order valence-corrected chi connectivity index (χ0v) is 51.3. The fourth-order valence-electron chi connectivity index (χ4n) is 9.01. The van der Waals surface area contributed by atoms with E-state index >= 15 is 0 Å². The van der Waals surface area contributed by atoms with Gasteiger partial charge in [-0.15, -0.1) is 11.3 Å². The molecule has 2 aromatic rings. The van der Waals surface area contributed by atoms with E-state index in [1.165, 1.54) is 41.8 Å². The number of anilines is 1. The molecule has 0 saturated carbocycles. The Morgan fingerprint density at radius 2 is 1.50 bits per heavy atom. The zero-order valence-electron chi connectivity index (χ0n) is 49.6. The molecule has 84 heavy (non-hydrogen) atoms. The van der Waals surface area contributed by atoms with Gasteiger partial charge in [-0.05, 0) is 96.1 Å². The molecule has 10 amide bonds. The number of thiazole rings is 1. The number of rotatable bonds is 36. The molecule has 1 fully saturated rings. The molecule has 0 bridgehead atoms. The average molecular weight is 1220 g/mol. The molecular formula is C56H85N11O15S2. The maximum absolute atomic E-state index is 14.3. The van der Waals surface area contributed by atoms with Gasteiger partial charge in [0.05, 0.1) is 57.1 Å². The Morgan fingerprint density at radius 3 is 2.10 bits per heavy atom. The molecule has 0 spiro atoms. The summed E-state index contributed by atoms with van der Waals surface area (Å²) in [6, 6.07) is 0.754. The highest BCUT2D eigenvalue weighted by Gasteiger charge is 2.36. The van der Waals surface area contributed by atoms with Gasteiger partial charge in [-0.25, -0.2) is 22.9 Å². The van der Waals surface area contributed by atoms with Gasteiger partial charge in [-0.3, -0.25) is 48.2 Å². The van der Waals surface area contributed by atoms with Crippen LogP contribution in [0.3, 0.4) is 0 Å². The fourth-order valence-corrected chi connectivity index (χ4v) is 10.8. The minimum atomic E-state index is -4.50. The lowest BCUT2D eigenvalue weighted by Crippen LogP contribution is -2.56. The van der Waals surface area contributed by atoms with Crippen LogP contribution in [0.2, 0.25) is 0 Å². The van der Waals surface area contributed by atoms with Gasteiger partial charge in [0.1, 0.15) is 34.9 Å². The Labute approximate surface area is 496 Å². The number of amides is 10. The molecule has 26 nitrogen and oxygen atoms in total. The number of imide groups is 1. The highest BCUT2D eigenvalue weighted by molar-refractivity contribution is 7.90. The third kappa shape index (κ3) is 22.1. The van der Waals surface area contributed by atoms with Crippen molar-refractivity contribution in [1.82, 2.24) is 45.7 Å². The van der Waals surface area contributed by atoms with Crippen LogP contribution < -0.4 is 37.0 Å². The second kappa shape index (κ2) is 34.9. The lowest BCUT2D eigenvalue weighted by Gasteiger charge is -2.35. The molecule has 3 heterocycles.